The fraction of sp³-hybridized carbons (Fsp3) is 0.778. The van der Waals surface area contributed by atoms with Crippen LogP contribution < -0.4 is 5.32 Å². The first-order chi connectivity index (χ1) is 12.1. The summed E-state index contributed by atoms with van der Waals surface area (Å²) in [6.07, 6.45) is 3.80. The second-order valence-corrected chi connectivity index (χ2v) is 7.17. The largest absolute Gasteiger partial charge is 0.381 e. The highest BCUT2D eigenvalue weighted by molar-refractivity contribution is 5.95. The van der Waals surface area contributed by atoms with Crippen LogP contribution in [-0.4, -0.2) is 73.2 Å². The lowest BCUT2D eigenvalue weighted by molar-refractivity contribution is -0.0283. The molecule has 2 aliphatic heterocycles. The Balaban J connectivity index is 1.63. The van der Waals surface area contributed by atoms with Crippen molar-refractivity contribution in [3.63, 3.8) is 0 Å². The Bertz CT molecular complexity index is 575. The second kappa shape index (κ2) is 8.29. The van der Waals surface area contributed by atoms with Gasteiger partial charge in [0.1, 0.15) is 0 Å². The van der Waals surface area contributed by atoms with Crippen LogP contribution in [0.25, 0.3) is 0 Å². The number of aromatic nitrogens is 2. The average Bonchev–Trinajstić information content (AvgIpc) is 3.02. The van der Waals surface area contributed by atoms with E-state index in [-0.39, 0.29) is 11.3 Å². The van der Waals surface area contributed by atoms with Crippen molar-refractivity contribution in [1.29, 1.82) is 0 Å². The van der Waals surface area contributed by atoms with Crippen molar-refractivity contribution >= 4 is 5.91 Å². The summed E-state index contributed by atoms with van der Waals surface area (Å²) < 4.78 is 12.8. The molecule has 0 unspecified atom stereocenters. The maximum atomic E-state index is 12.6. The van der Waals surface area contributed by atoms with Crippen LogP contribution in [-0.2, 0) is 16.0 Å². The molecule has 1 aromatic heterocycles. The number of nitrogens with zero attached hydrogens (tertiary/aromatic N) is 3. The molecule has 140 valence electrons. The molecule has 2 saturated heterocycles. The zero-order chi connectivity index (χ0) is 17.7. The average molecular weight is 350 g/mol. The van der Waals surface area contributed by atoms with Crippen LogP contribution in [0.1, 0.15) is 35.8 Å². The highest BCUT2D eigenvalue weighted by atomic mass is 16.5. The summed E-state index contributed by atoms with van der Waals surface area (Å²) in [4.78, 5) is 15.1. The molecular formula is C18H30N4O3. The van der Waals surface area contributed by atoms with Gasteiger partial charge in [-0.1, -0.05) is 0 Å². The Morgan fingerprint density at radius 2 is 1.92 bits per heavy atom. The monoisotopic (exact) mass is 350 g/mol. The van der Waals surface area contributed by atoms with Crippen molar-refractivity contribution in [1.82, 2.24) is 20.0 Å². The van der Waals surface area contributed by atoms with E-state index in [9.17, 15) is 4.79 Å². The van der Waals surface area contributed by atoms with Crippen LogP contribution in [0.2, 0.25) is 0 Å². The summed E-state index contributed by atoms with van der Waals surface area (Å²) in [5, 5.41) is 7.54. The lowest BCUT2D eigenvalue weighted by atomic mass is 9.79. The highest BCUT2D eigenvalue weighted by Gasteiger charge is 2.35. The van der Waals surface area contributed by atoms with Crippen LogP contribution in [0.15, 0.2) is 6.20 Å². The van der Waals surface area contributed by atoms with Crippen LogP contribution in [0, 0.1) is 12.3 Å². The summed E-state index contributed by atoms with van der Waals surface area (Å²) in [5.74, 6) is -0.0231. The molecule has 3 rings (SSSR count). The van der Waals surface area contributed by atoms with Gasteiger partial charge < -0.3 is 14.8 Å². The Kier molecular flexibility index (Phi) is 6.09. The van der Waals surface area contributed by atoms with Crippen molar-refractivity contribution in [3.8, 4) is 0 Å². The number of nitrogens with one attached hydrogen (secondary N) is 1. The topological polar surface area (TPSA) is 68.6 Å². The van der Waals surface area contributed by atoms with Crippen LogP contribution in [0.4, 0.5) is 0 Å². The SMILES string of the molecule is CCn1cc(C(=O)NCC2(CN3CCOCC3)CCOCC2)c(C)n1. The molecule has 1 aromatic rings. The van der Waals surface area contributed by atoms with Gasteiger partial charge in [-0.25, -0.2) is 0 Å². The van der Waals surface area contributed by atoms with Crippen molar-refractivity contribution in [2.75, 3.05) is 52.6 Å². The number of carbonyl (C=O) groups excluding carboxylic acids is 1. The number of hydrogen-bond acceptors (Lipinski definition) is 5. The zero-order valence-electron chi connectivity index (χ0n) is 15.4. The van der Waals surface area contributed by atoms with Gasteiger partial charge >= 0.3 is 0 Å². The van der Waals surface area contributed by atoms with Crippen LogP contribution in [0.5, 0.6) is 0 Å². The molecule has 1 N–H and O–H groups in total. The molecule has 7 heteroatoms. The first kappa shape index (κ1) is 18.4. The van der Waals surface area contributed by atoms with Gasteiger partial charge in [-0.15, -0.1) is 0 Å². The van der Waals surface area contributed by atoms with Crippen molar-refractivity contribution < 1.29 is 14.3 Å². The molecule has 0 aromatic carbocycles. The number of aryl methyl sites for hydroxylation is 2. The Hall–Kier alpha value is -1.44. The summed E-state index contributed by atoms with van der Waals surface area (Å²) in [7, 11) is 0. The van der Waals surface area contributed by atoms with E-state index < -0.39 is 0 Å². The molecule has 2 fully saturated rings. The van der Waals surface area contributed by atoms with Gasteiger partial charge in [-0.3, -0.25) is 14.4 Å². The van der Waals surface area contributed by atoms with Gasteiger partial charge in [0.25, 0.3) is 5.91 Å². The van der Waals surface area contributed by atoms with E-state index in [2.05, 4.69) is 15.3 Å². The number of hydrogen-bond donors (Lipinski definition) is 1. The van der Waals surface area contributed by atoms with E-state index in [1.54, 1.807) is 0 Å². The minimum Gasteiger partial charge on any atom is -0.381 e. The minimum absolute atomic E-state index is 0.0231. The summed E-state index contributed by atoms with van der Waals surface area (Å²) in [5.41, 5.74) is 1.55. The fourth-order valence-electron chi connectivity index (χ4n) is 3.69. The van der Waals surface area contributed by atoms with E-state index in [1.807, 2.05) is 24.7 Å². The van der Waals surface area contributed by atoms with E-state index in [4.69, 9.17) is 9.47 Å². The summed E-state index contributed by atoms with van der Waals surface area (Å²) >= 11 is 0. The third kappa shape index (κ3) is 4.59. The van der Waals surface area contributed by atoms with Gasteiger partial charge in [0, 0.05) is 57.5 Å². The number of morpholine rings is 1. The first-order valence-electron chi connectivity index (χ1n) is 9.32. The Labute approximate surface area is 149 Å². The number of carbonyl (C=O) groups is 1. The Morgan fingerprint density at radius 1 is 1.24 bits per heavy atom. The molecular weight excluding hydrogens is 320 g/mol. The van der Waals surface area contributed by atoms with Crippen LogP contribution in [0.3, 0.4) is 0 Å². The lowest BCUT2D eigenvalue weighted by Crippen LogP contribution is -2.50. The maximum absolute atomic E-state index is 12.6. The molecule has 0 spiro atoms. The molecule has 3 heterocycles. The predicted molar refractivity (Wildman–Crippen MR) is 94.7 cm³/mol. The van der Waals surface area contributed by atoms with Gasteiger partial charge in [-0.05, 0) is 26.7 Å². The first-order valence-corrected chi connectivity index (χ1v) is 9.32. The van der Waals surface area contributed by atoms with Gasteiger partial charge in [-0.2, -0.15) is 5.10 Å². The number of amides is 1. The molecule has 7 nitrogen and oxygen atoms in total. The molecule has 25 heavy (non-hydrogen) atoms. The number of ether oxygens (including phenoxy) is 2. The van der Waals surface area contributed by atoms with E-state index >= 15 is 0 Å². The van der Waals surface area contributed by atoms with Gasteiger partial charge in [0.15, 0.2) is 0 Å². The predicted octanol–water partition coefficient (Wildman–Crippen LogP) is 1.07. The van der Waals surface area contributed by atoms with Crippen molar-refractivity contribution in [2.24, 2.45) is 5.41 Å². The highest BCUT2D eigenvalue weighted by Crippen LogP contribution is 2.31. The molecule has 2 aliphatic rings. The number of rotatable bonds is 6. The minimum atomic E-state index is -0.0231. The Morgan fingerprint density at radius 3 is 2.56 bits per heavy atom. The molecule has 1 amide bonds. The van der Waals surface area contributed by atoms with E-state index in [0.29, 0.717) is 12.1 Å². The zero-order valence-corrected chi connectivity index (χ0v) is 15.4. The van der Waals surface area contributed by atoms with Gasteiger partial charge in [0.05, 0.1) is 24.5 Å². The standard InChI is InChI=1S/C18H30N4O3/c1-3-22-12-16(15(2)20-22)17(23)19-13-18(4-8-24-9-5-18)14-21-6-10-25-11-7-21/h12H,3-11,13-14H2,1-2H3,(H,19,23). The molecule has 0 atom stereocenters. The third-order valence-corrected chi connectivity index (χ3v) is 5.36. The third-order valence-electron chi connectivity index (χ3n) is 5.36. The normalized spacial score (nSPS) is 21.2. The van der Waals surface area contributed by atoms with Crippen molar-refractivity contribution in [2.45, 2.75) is 33.2 Å². The van der Waals surface area contributed by atoms with Gasteiger partial charge in [0.2, 0.25) is 0 Å². The molecule has 0 aliphatic carbocycles. The fourth-order valence-corrected chi connectivity index (χ4v) is 3.69. The second-order valence-electron chi connectivity index (χ2n) is 7.17. The van der Waals surface area contributed by atoms with E-state index in [0.717, 1.165) is 71.1 Å². The summed E-state index contributed by atoms with van der Waals surface area (Å²) in [6.45, 7) is 11.4. The molecule has 0 saturated carbocycles. The molecule has 0 bridgehead atoms. The molecule has 0 radical (unpaired) electrons. The maximum Gasteiger partial charge on any atom is 0.254 e. The van der Waals surface area contributed by atoms with Crippen molar-refractivity contribution in [3.05, 3.63) is 17.5 Å². The quantitative estimate of drug-likeness (QED) is 0.831. The van der Waals surface area contributed by atoms with E-state index in [1.165, 1.54) is 0 Å². The summed E-state index contributed by atoms with van der Waals surface area (Å²) in [6, 6.07) is 0. The van der Waals surface area contributed by atoms with Crippen LogP contribution >= 0.6 is 0 Å². The lowest BCUT2D eigenvalue weighted by Gasteiger charge is -2.42. The smallest absolute Gasteiger partial charge is 0.254 e.